The van der Waals surface area contributed by atoms with E-state index in [1.807, 2.05) is 0 Å². The van der Waals surface area contributed by atoms with E-state index in [2.05, 4.69) is 56.0 Å². The minimum atomic E-state index is 0. The van der Waals surface area contributed by atoms with E-state index in [1.165, 1.54) is 204 Å². The summed E-state index contributed by atoms with van der Waals surface area (Å²) >= 11 is 0. The maximum atomic E-state index is 2.41. The lowest BCUT2D eigenvalue weighted by atomic mass is 10.0. The van der Waals surface area contributed by atoms with E-state index in [1.54, 1.807) is 0 Å². The van der Waals surface area contributed by atoms with Gasteiger partial charge < -0.3 is 42.9 Å². The Hall–Kier alpha value is 0.880. The molecular formula is C39H86Br2N2. The predicted molar refractivity (Wildman–Crippen MR) is 191 cm³/mol. The van der Waals surface area contributed by atoms with Crippen LogP contribution >= 0.6 is 0 Å². The summed E-state index contributed by atoms with van der Waals surface area (Å²) in [4.78, 5) is 0. The van der Waals surface area contributed by atoms with Crippen LogP contribution in [0.25, 0.3) is 0 Å². The summed E-state index contributed by atoms with van der Waals surface area (Å²) in [6, 6.07) is 0. The van der Waals surface area contributed by atoms with Gasteiger partial charge in [0.25, 0.3) is 0 Å². The Bertz CT molecular complexity index is 458. The van der Waals surface area contributed by atoms with Crippen LogP contribution in [0.2, 0.25) is 0 Å². The Kier molecular flexibility index (Phi) is 46.1. The first-order valence-electron chi connectivity index (χ1n) is 19.3. The standard InChI is InChI=1S/C21H46N.C18H40N.2BrH/c1-5-6-7-8-9-10-11-12-13-14-15-16-17-18-19-20-21-22(2,3)4;1-5-7-9-11-13-15-17-19(3,4)18-16-14-12-10-8-6-2;;/h5-21H2,1-4H3;5-18H2,1-4H3;2*1H/q2*+1;;/p-2. The van der Waals surface area contributed by atoms with Crippen molar-refractivity contribution in [1.82, 2.24) is 0 Å². The van der Waals surface area contributed by atoms with Gasteiger partial charge in [-0.3, -0.25) is 0 Å². The number of halogens is 2. The lowest BCUT2D eigenvalue weighted by Gasteiger charge is -2.30. The van der Waals surface area contributed by atoms with E-state index in [0.717, 1.165) is 4.48 Å². The van der Waals surface area contributed by atoms with Gasteiger partial charge in [-0.25, -0.2) is 0 Å². The van der Waals surface area contributed by atoms with Gasteiger partial charge in [-0.1, -0.05) is 162 Å². The lowest BCUT2D eigenvalue weighted by molar-refractivity contribution is -0.890. The molecule has 0 spiro atoms. The molecule has 0 heterocycles. The number of quaternary nitrogens is 2. The van der Waals surface area contributed by atoms with Crippen LogP contribution in [-0.2, 0) is 0 Å². The average molecular weight is 743 g/mol. The monoisotopic (exact) mass is 741 g/mol. The van der Waals surface area contributed by atoms with Crippen molar-refractivity contribution in [3.63, 3.8) is 0 Å². The SMILES string of the molecule is CCCCCCCCCCCCCCCCCC[N+](C)(C)C.CCCCCCCC[N+](C)(C)CCCCCCCC.[Br-].[Br-]. The molecule has 0 fully saturated rings. The molecule has 0 saturated heterocycles. The van der Waals surface area contributed by atoms with Gasteiger partial charge in [-0.05, 0) is 38.5 Å². The summed E-state index contributed by atoms with van der Waals surface area (Å²) in [6.45, 7) is 11.0. The van der Waals surface area contributed by atoms with E-state index in [4.69, 9.17) is 0 Å². The van der Waals surface area contributed by atoms with Crippen molar-refractivity contribution in [2.75, 3.05) is 54.9 Å². The van der Waals surface area contributed by atoms with Gasteiger partial charge in [0.05, 0.1) is 54.9 Å². The quantitative estimate of drug-likeness (QED) is 0.0546. The van der Waals surface area contributed by atoms with Gasteiger partial charge in [-0.2, -0.15) is 0 Å². The van der Waals surface area contributed by atoms with Crippen LogP contribution in [-0.4, -0.2) is 63.8 Å². The third-order valence-electron chi connectivity index (χ3n) is 8.92. The number of nitrogens with zero attached hydrogens (tertiary/aromatic N) is 2. The van der Waals surface area contributed by atoms with Crippen molar-refractivity contribution in [3.05, 3.63) is 0 Å². The molecule has 0 aliphatic carbocycles. The Morgan fingerprint density at radius 3 is 0.651 bits per heavy atom. The van der Waals surface area contributed by atoms with Gasteiger partial charge in [0.15, 0.2) is 0 Å². The molecule has 0 N–H and O–H groups in total. The molecule has 0 rings (SSSR count). The molecular weight excluding hydrogens is 656 g/mol. The lowest BCUT2D eigenvalue weighted by Crippen LogP contribution is -3.00. The summed E-state index contributed by atoms with van der Waals surface area (Å²) in [5, 5.41) is 0. The Morgan fingerprint density at radius 1 is 0.256 bits per heavy atom. The van der Waals surface area contributed by atoms with E-state index < -0.39 is 0 Å². The fourth-order valence-electron chi connectivity index (χ4n) is 5.89. The van der Waals surface area contributed by atoms with E-state index >= 15 is 0 Å². The van der Waals surface area contributed by atoms with Gasteiger partial charge >= 0.3 is 0 Å². The highest BCUT2D eigenvalue weighted by Gasteiger charge is 2.13. The second-order valence-electron chi connectivity index (χ2n) is 15.2. The number of rotatable bonds is 31. The second kappa shape index (κ2) is 39.1. The molecule has 4 heteroatoms. The highest BCUT2D eigenvalue weighted by molar-refractivity contribution is 4.50. The van der Waals surface area contributed by atoms with Gasteiger partial charge in [0.2, 0.25) is 0 Å². The van der Waals surface area contributed by atoms with Crippen molar-refractivity contribution in [2.45, 2.75) is 201 Å². The van der Waals surface area contributed by atoms with Crippen molar-refractivity contribution in [1.29, 1.82) is 0 Å². The summed E-state index contributed by atoms with van der Waals surface area (Å²) < 4.78 is 2.36. The third-order valence-corrected chi connectivity index (χ3v) is 8.92. The molecule has 0 bridgehead atoms. The number of unbranched alkanes of at least 4 members (excludes halogenated alkanes) is 25. The molecule has 0 aromatic heterocycles. The third kappa shape index (κ3) is 49.9. The second-order valence-corrected chi connectivity index (χ2v) is 15.2. The zero-order valence-electron chi connectivity index (χ0n) is 31.6. The van der Waals surface area contributed by atoms with Crippen molar-refractivity contribution < 1.29 is 42.9 Å². The number of hydrogen-bond donors (Lipinski definition) is 0. The van der Waals surface area contributed by atoms with Gasteiger partial charge in [0.1, 0.15) is 0 Å². The van der Waals surface area contributed by atoms with E-state index in [9.17, 15) is 0 Å². The molecule has 0 saturated carbocycles. The van der Waals surface area contributed by atoms with Crippen LogP contribution in [0.5, 0.6) is 0 Å². The van der Waals surface area contributed by atoms with Crippen molar-refractivity contribution in [2.24, 2.45) is 0 Å². The number of hydrogen-bond acceptors (Lipinski definition) is 0. The van der Waals surface area contributed by atoms with E-state index in [0.29, 0.717) is 0 Å². The molecule has 2 nitrogen and oxygen atoms in total. The summed E-state index contributed by atoms with van der Waals surface area (Å²) in [7, 11) is 11.7. The summed E-state index contributed by atoms with van der Waals surface area (Å²) in [6.07, 6.45) is 40.5. The smallest absolute Gasteiger partial charge is 0.0782 e. The summed E-state index contributed by atoms with van der Waals surface area (Å²) in [5.41, 5.74) is 0. The highest BCUT2D eigenvalue weighted by Crippen LogP contribution is 2.14. The first kappa shape index (κ1) is 50.7. The highest BCUT2D eigenvalue weighted by atomic mass is 79.9. The molecule has 0 aromatic carbocycles. The maximum absolute atomic E-state index is 2.41. The van der Waals surface area contributed by atoms with Crippen LogP contribution in [0, 0.1) is 0 Å². The van der Waals surface area contributed by atoms with Gasteiger partial charge in [0, 0.05) is 0 Å². The molecule has 0 unspecified atom stereocenters. The van der Waals surface area contributed by atoms with Crippen LogP contribution < -0.4 is 34.0 Å². The Morgan fingerprint density at radius 2 is 0.442 bits per heavy atom. The fraction of sp³-hybridized carbons (Fsp3) is 1.00. The minimum absolute atomic E-state index is 0. The zero-order chi connectivity index (χ0) is 30.9. The largest absolute Gasteiger partial charge is 1.00 e. The minimum Gasteiger partial charge on any atom is -1.00 e. The molecule has 43 heavy (non-hydrogen) atoms. The van der Waals surface area contributed by atoms with Gasteiger partial charge in [-0.15, -0.1) is 0 Å². The Balaban J connectivity index is -0.000000341. The normalized spacial score (nSPS) is 11.4. The van der Waals surface area contributed by atoms with Crippen molar-refractivity contribution in [3.8, 4) is 0 Å². The van der Waals surface area contributed by atoms with Crippen LogP contribution in [0.3, 0.4) is 0 Å². The summed E-state index contributed by atoms with van der Waals surface area (Å²) in [5.74, 6) is 0. The molecule has 0 atom stereocenters. The molecule has 0 aliphatic rings. The molecule has 0 aliphatic heterocycles. The van der Waals surface area contributed by atoms with Crippen LogP contribution in [0.4, 0.5) is 0 Å². The predicted octanol–water partition coefficient (Wildman–Crippen LogP) is 6.75. The molecule has 266 valence electrons. The van der Waals surface area contributed by atoms with E-state index in [-0.39, 0.29) is 34.0 Å². The molecule has 0 aromatic rings. The molecule has 0 radical (unpaired) electrons. The van der Waals surface area contributed by atoms with Crippen molar-refractivity contribution >= 4 is 0 Å². The van der Waals surface area contributed by atoms with Crippen LogP contribution in [0.1, 0.15) is 201 Å². The fourth-order valence-corrected chi connectivity index (χ4v) is 5.89. The molecule has 0 amide bonds. The first-order valence-corrected chi connectivity index (χ1v) is 19.3. The Labute approximate surface area is 297 Å². The maximum Gasteiger partial charge on any atom is 0.0782 e. The average Bonchev–Trinajstić information content (AvgIpc) is 2.92. The zero-order valence-corrected chi connectivity index (χ0v) is 34.7. The van der Waals surface area contributed by atoms with Crippen LogP contribution in [0.15, 0.2) is 0 Å². The topological polar surface area (TPSA) is 0 Å². The first-order chi connectivity index (χ1) is 19.7.